The Morgan fingerprint density at radius 3 is 2.33 bits per heavy atom. The zero-order chi connectivity index (χ0) is 12.6. The lowest BCUT2D eigenvalue weighted by molar-refractivity contribution is 0.430. The molecule has 98 valence electrons. The van der Waals surface area contributed by atoms with Crippen molar-refractivity contribution in [2.24, 2.45) is 0 Å². The first-order chi connectivity index (χ1) is 8.65. The molecule has 0 bridgehead atoms. The highest BCUT2D eigenvalue weighted by atomic mass is 32.2. The van der Waals surface area contributed by atoms with E-state index in [0.29, 0.717) is 25.7 Å². The third kappa shape index (κ3) is 2.58. The Kier molecular flexibility index (Phi) is 3.13. The van der Waals surface area contributed by atoms with Crippen LogP contribution in [0.4, 0.5) is 0 Å². The van der Waals surface area contributed by atoms with E-state index in [1.54, 1.807) is 4.31 Å². The molecule has 1 heterocycles. The second-order valence-electron chi connectivity index (χ2n) is 5.08. The van der Waals surface area contributed by atoms with Gasteiger partial charge in [0.05, 0.1) is 5.75 Å². The van der Waals surface area contributed by atoms with Crippen LogP contribution in [0, 0.1) is 0 Å². The van der Waals surface area contributed by atoms with E-state index in [2.05, 4.69) is 5.32 Å². The van der Waals surface area contributed by atoms with Crippen molar-refractivity contribution in [3.8, 4) is 0 Å². The molecular weight excluding hydrogens is 248 g/mol. The third-order valence-corrected chi connectivity index (χ3v) is 5.34. The van der Waals surface area contributed by atoms with Crippen LogP contribution in [-0.2, 0) is 23.1 Å². The maximum absolute atomic E-state index is 12.2. The average Bonchev–Trinajstić information content (AvgIpc) is 3.05. The highest BCUT2D eigenvalue weighted by Crippen LogP contribution is 2.25. The molecule has 1 fully saturated rings. The van der Waals surface area contributed by atoms with Crippen molar-refractivity contribution >= 4 is 10.0 Å². The Morgan fingerprint density at radius 1 is 1.17 bits per heavy atom. The van der Waals surface area contributed by atoms with E-state index < -0.39 is 10.0 Å². The third-order valence-electron chi connectivity index (χ3n) is 3.58. The molecule has 2 aliphatic rings. The second kappa shape index (κ2) is 4.64. The number of sulfonamides is 1. The molecular formula is C13H18N2O2S. The van der Waals surface area contributed by atoms with Gasteiger partial charge in [-0.15, -0.1) is 0 Å². The highest BCUT2D eigenvalue weighted by molar-refractivity contribution is 7.89. The standard InChI is InChI=1S/C13H18N2O2S/c16-18(17,8-7-14-13-5-6-13)15-9-11-3-1-2-4-12(11)10-15/h1-4,13-14H,5-10H2. The Labute approximate surface area is 108 Å². The van der Waals surface area contributed by atoms with Gasteiger partial charge >= 0.3 is 0 Å². The summed E-state index contributed by atoms with van der Waals surface area (Å²) in [5.74, 6) is 0.206. The monoisotopic (exact) mass is 266 g/mol. The minimum atomic E-state index is -3.12. The maximum atomic E-state index is 12.2. The molecule has 0 atom stereocenters. The maximum Gasteiger partial charge on any atom is 0.215 e. The van der Waals surface area contributed by atoms with E-state index in [1.165, 1.54) is 12.8 Å². The summed E-state index contributed by atoms with van der Waals surface area (Å²) in [6, 6.07) is 8.50. The highest BCUT2D eigenvalue weighted by Gasteiger charge is 2.29. The first-order valence-electron chi connectivity index (χ1n) is 6.43. The van der Waals surface area contributed by atoms with Gasteiger partial charge in [-0.05, 0) is 24.0 Å². The SMILES string of the molecule is O=S(=O)(CCNC1CC1)N1Cc2ccccc2C1. The molecule has 1 aliphatic heterocycles. The van der Waals surface area contributed by atoms with Gasteiger partial charge in [0.2, 0.25) is 10.0 Å². The van der Waals surface area contributed by atoms with Gasteiger partial charge in [0.25, 0.3) is 0 Å². The van der Waals surface area contributed by atoms with Gasteiger partial charge in [-0.2, -0.15) is 4.31 Å². The smallest absolute Gasteiger partial charge is 0.215 e. The number of nitrogens with zero attached hydrogens (tertiary/aromatic N) is 1. The van der Waals surface area contributed by atoms with Crippen molar-refractivity contribution in [3.05, 3.63) is 35.4 Å². The van der Waals surface area contributed by atoms with Gasteiger partial charge in [-0.3, -0.25) is 0 Å². The van der Waals surface area contributed by atoms with Crippen LogP contribution in [0.3, 0.4) is 0 Å². The summed E-state index contributed by atoms with van der Waals surface area (Å²) in [6.07, 6.45) is 2.38. The van der Waals surface area contributed by atoms with Crippen LogP contribution in [0.25, 0.3) is 0 Å². The summed E-state index contributed by atoms with van der Waals surface area (Å²) >= 11 is 0. The molecule has 0 unspecified atom stereocenters. The van der Waals surface area contributed by atoms with Crippen molar-refractivity contribution in [3.63, 3.8) is 0 Å². The zero-order valence-electron chi connectivity index (χ0n) is 10.3. The van der Waals surface area contributed by atoms with E-state index in [0.717, 1.165) is 11.1 Å². The van der Waals surface area contributed by atoms with Crippen molar-refractivity contribution in [2.45, 2.75) is 32.0 Å². The molecule has 3 rings (SSSR count). The number of rotatable bonds is 5. The van der Waals surface area contributed by atoms with Gasteiger partial charge < -0.3 is 5.32 Å². The summed E-state index contributed by atoms with van der Waals surface area (Å²) in [5, 5.41) is 3.25. The summed E-state index contributed by atoms with van der Waals surface area (Å²) in [6.45, 7) is 1.63. The van der Waals surface area contributed by atoms with Crippen LogP contribution >= 0.6 is 0 Å². The van der Waals surface area contributed by atoms with E-state index in [9.17, 15) is 8.42 Å². The molecule has 1 aromatic carbocycles. The predicted molar refractivity (Wildman–Crippen MR) is 70.5 cm³/mol. The minimum Gasteiger partial charge on any atom is -0.313 e. The minimum absolute atomic E-state index is 0.206. The van der Waals surface area contributed by atoms with Crippen molar-refractivity contribution in [2.75, 3.05) is 12.3 Å². The van der Waals surface area contributed by atoms with Crippen molar-refractivity contribution in [1.29, 1.82) is 0 Å². The molecule has 1 aliphatic carbocycles. The Hall–Kier alpha value is -0.910. The molecule has 1 N–H and O–H groups in total. The van der Waals surface area contributed by atoms with Crippen LogP contribution in [-0.4, -0.2) is 31.1 Å². The topological polar surface area (TPSA) is 49.4 Å². The first kappa shape index (κ1) is 12.1. The van der Waals surface area contributed by atoms with Crippen LogP contribution < -0.4 is 5.32 Å². The first-order valence-corrected chi connectivity index (χ1v) is 8.04. The number of fused-ring (bicyclic) bond motifs is 1. The number of benzene rings is 1. The Morgan fingerprint density at radius 2 is 1.78 bits per heavy atom. The molecule has 0 spiro atoms. The molecule has 0 amide bonds. The number of nitrogens with one attached hydrogen (secondary N) is 1. The van der Waals surface area contributed by atoms with Crippen LogP contribution in [0.1, 0.15) is 24.0 Å². The van der Waals surface area contributed by atoms with E-state index in [1.807, 2.05) is 24.3 Å². The van der Waals surface area contributed by atoms with Gasteiger partial charge in [-0.1, -0.05) is 24.3 Å². The second-order valence-corrected chi connectivity index (χ2v) is 7.17. The quantitative estimate of drug-likeness (QED) is 0.868. The molecule has 0 saturated heterocycles. The van der Waals surface area contributed by atoms with Gasteiger partial charge in [-0.25, -0.2) is 8.42 Å². The largest absolute Gasteiger partial charge is 0.313 e. The number of hydrogen-bond acceptors (Lipinski definition) is 3. The van der Waals surface area contributed by atoms with E-state index in [-0.39, 0.29) is 5.75 Å². The van der Waals surface area contributed by atoms with Gasteiger partial charge in [0.15, 0.2) is 0 Å². The fourth-order valence-electron chi connectivity index (χ4n) is 2.31. The molecule has 0 radical (unpaired) electrons. The summed E-state index contributed by atoms with van der Waals surface area (Å²) in [7, 11) is -3.12. The Balaban J connectivity index is 1.61. The molecule has 5 heteroatoms. The summed E-state index contributed by atoms with van der Waals surface area (Å²) in [5.41, 5.74) is 2.27. The molecule has 4 nitrogen and oxygen atoms in total. The molecule has 18 heavy (non-hydrogen) atoms. The van der Waals surface area contributed by atoms with E-state index in [4.69, 9.17) is 0 Å². The predicted octanol–water partition coefficient (Wildman–Crippen LogP) is 1.08. The summed E-state index contributed by atoms with van der Waals surface area (Å²) in [4.78, 5) is 0. The molecule has 1 aromatic rings. The molecule has 1 saturated carbocycles. The normalized spacial score (nSPS) is 20.0. The molecule has 0 aromatic heterocycles. The van der Waals surface area contributed by atoms with Crippen LogP contribution in [0.5, 0.6) is 0 Å². The lowest BCUT2D eigenvalue weighted by atomic mass is 10.1. The van der Waals surface area contributed by atoms with Crippen molar-refractivity contribution in [1.82, 2.24) is 9.62 Å². The van der Waals surface area contributed by atoms with Crippen molar-refractivity contribution < 1.29 is 8.42 Å². The fraction of sp³-hybridized carbons (Fsp3) is 0.538. The average molecular weight is 266 g/mol. The summed E-state index contributed by atoms with van der Waals surface area (Å²) < 4.78 is 26.0. The van der Waals surface area contributed by atoms with Gasteiger partial charge in [0, 0.05) is 25.7 Å². The lowest BCUT2D eigenvalue weighted by Crippen LogP contribution is -2.33. The van der Waals surface area contributed by atoms with E-state index >= 15 is 0 Å². The lowest BCUT2D eigenvalue weighted by Gasteiger charge is -2.15. The Bertz CT molecular complexity index is 513. The van der Waals surface area contributed by atoms with Crippen LogP contribution in [0.15, 0.2) is 24.3 Å². The van der Waals surface area contributed by atoms with Crippen LogP contribution in [0.2, 0.25) is 0 Å². The fourth-order valence-corrected chi connectivity index (χ4v) is 3.61. The van der Waals surface area contributed by atoms with Gasteiger partial charge in [0.1, 0.15) is 0 Å². The number of hydrogen-bond donors (Lipinski definition) is 1. The zero-order valence-corrected chi connectivity index (χ0v) is 11.1.